The number of hydrogen-bond acceptors (Lipinski definition) is 5. The number of phenols is 1. The van der Waals surface area contributed by atoms with E-state index in [1.54, 1.807) is 11.8 Å². The van der Waals surface area contributed by atoms with Crippen molar-refractivity contribution in [3.63, 3.8) is 0 Å². The number of nitrogens with zero attached hydrogens (tertiary/aromatic N) is 3. The number of urea groups is 1. The van der Waals surface area contributed by atoms with Gasteiger partial charge in [-0.15, -0.1) is 15.0 Å². The number of hydrogen-bond donors (Lipinski definition) is 3. The van der Waals surface area contributed by atoms with Gasteiger partial charge in [-0.2, -0.15) is 0 Å². The van der Waals surface area contributed by atoms with E-state index in [0.29, 0.717) is 11.4 Å². The van der Waals surface area contributed by atoms with Gasteiger partial charge in [-0.3, -0.25) is 0 Å². The third-order valence-electron chi connectivity index (χ3n) is 5.99. The van der Waals surface area contributed by atoms with Crippen LogP contribution in [-0.2, 0) is 5.41 Å². The molecule has 5 aromatic rings. The first kappa shape index (κ1) is 25.4. The number of para-hydroxylation sites is 1. The number of carbonyl (C=O) groups excluding carboxylic acids is 1. The van der Waals surface area contributed by atoms with Gasteiger partial charge in [-0.1, -0.05) is 56.8 Å². The SMILES string of the molecule is Cc1cc(-n2nc3ccc(Sc4ccc(NC(=O)Nc5ccccc5)cc4)cc3n2)c(O)c(C(C)(C)C)c1. The van der Waals surface area contributed by atoms with Crippen molar-refractivity contribution >= 4 is 40.2 Å². The lowest BCUT2D eigenvalue weighted by molar-refractivity contribution is 0.262. The molecular weight excluding hydrogens is 494 g/mol. The van der Waals surface area contributed by atoms with Crippen LogP contribution in [0, 0.1) is 6.92 Å². The van der Waals surface area contributed by atoms with Crippen LogP contribution in [0.1, 0.15) is 31.9 Å². The first-order chi connectivity index (χ1) is 18.2. The molecule has 7 nitrogen and oxygen atoms in total. The average molecular weight is 524 g/mol. The molecule has 1 aromatic heterocycles. The lowest BCUT2D eigenvalue weighted by atomic mass is 9.85. The molecule has 1 heterocycles. The topological polar surface area (TPSA) is 92.1 Å². The highest BCUT2D eigenvalue weighted by Crippen LogP contribution is 2.36. The fourth-order valence-electron chi connectivity index (χ4n) is 4.11. The largest absolute Gasteiger partial charge is 0.505 e. The summed E-state index contributed by atoms with van der Waals surface area (Å²) < 4.78 is 0. The Morgan fingerprint density at radius 3 is 2.13 bits per heavy atom. The van der Waals surface area contributed by atoms with E-state index in [0.717, 1.165) is 37.6 Å². The summed E-state index contributed by atoms with van der Waals surface area (Å²) in [5.41, 5.74) is 5.18. The standard InChI is InChI=1S/C30H29N5O2S/c1-19-16-24(30(2,3)4)28(36)27(17-19)35-33-25-15-14-23(18-26(25)34-35)38-22-12-10-21(11-13-22)32-29(37)31-20-8-6-5-7-9-20/h5-18,36H,1-4H3,(H2,31,32,37). The monoisotopic (exact) mass is 523 g/mol. The first-order valence-electron chi connectivity index (χ1n) is 12.3. The quantitative estimate of drug-likeness (QED) is 0.221. The third-order valence-corrected chi connectivity index (χ3v) is 6.99. The maximum Gasteiger partial charge on any atom is 0.323 e. The molecule has 0 radical (unpaired) electrons. The number of nitrogens with one attached hydrogen (secondary N) is 2. The molecule has 192 valence electrons. The lowest BCUT2D eigenvalue weighted by Gasteiger charge is -2.22. The lowest BCUT2D eigenvalue weighted by Crippen LogP contribution is -2.19. The maximum absolute atomic E-state index is 12.2. The van der Waals surface area contributed by atoms with Crippen molar-refractivity contribution < 1.29 is 9.90 Å². The van der Waals surface area contributed by atoms with Gasteiger partial charge in [0.25, 0.3) is 0 Å². The minimum Gasteiger partial charge on any atom is -0.505 e. The maximum atomic E-state index is 12.2. The van der Waals surface area contributed by atoms with Crippen LogP contribution in [0.2, 0.25) is 0 Å². The van der Waals surface area contributed by atoms with Crippen LogP contribution in [0.25, 0.3) is 16.7 Å². The van der Waals surface area contributed by atoms with E-state index in [-0.39, 0.29) is 17.2 Å². The second-order valence-electron chi connectivity index (χ2n) is 10.1. The number of amides is 2. The van der Waals surface area contributed by atoms with Crippen LogP contribution in [0.3, 0.4) is 0 Å². The molecule has 0 aliphatic carbocycles. The van der Waals surface area contributed by atoms with Crippen molar-refractivity contribution in [2.45, 2.75) is 42.9 Å². The average Bonchev–Trinajstić information content (AvgIpc) is 3.29. The number of phenolic OH excluding ortho intramolecular Hbond substituents is 1. The number of anilines is 2. The number of aromatic hydroxyl groups is 1. The van der Waals surface area contributed by atoms with Gasteiger partial charge >= 0.3 is 6.03 Å². The van der Waals surface area contributed by atoms with Gasteiger partial charge < -0.3 is 15.7 Å². The van der Waals surface area contributed by atoms with Gasteiger partial charge in [-0.05, 0) is 78.6 Å². The minimum atomic E-state index is -0.292. The smallest absolute Gasteiger partial charge is 0.323 e. The summed E-state index contributed by atoms with van der Waals surface area (Å²) in [6.07, 6.45) is 0. The van der Waals surface area contributed by atoms with Gasteiger partial charge in [0.2, 0.25) is 0 Å². The zero-order chi connectivity index (χ0) is 26.9. The molecule has 3 N–H and O–H groups in total. The highest BCUT2D eigenvalue weighted by atomic mass is 32.2. The Morgan fingerprint density at radius 2 is 1.45 bits per heavy atom. The zero-order valence-corrected chi connectivity index (χ0v) is 22.5. The molecule has 4 aromatic carbocycles. The number of aryl methyl sites for hydroxylation is 1. The molecule has 0 spiro atoms. The molecule has 0 unspecified atom stereocenters. The Bertz CT molecular complexity index is 1610. The van der Waals surface area contributed by atoms with Crippen LogP contribution in [0.15, 0.2) is 94.7 Å². The molecule has 0 saturated carbocycles. The second-order valence-corrected chi connectivity index (χ2v) is 11.3. The number of carbonyl (C=O) groups is 1. The number of fused-ring (bicyclic) bond motifs is 1. The van der Waals surface area contributed by atoms with Gasteiger partial charge in [-0.25, -0.2) is 4.79 Å². The number of aromatic nitrogens is 3. The van der Waals surface area contributed by atoms with E-state index in [2.05, 4.69) is 41.6 Å². The normalized spacial score (nSPS) is 11.5. The Balaban J connectivity index is 1.31. The summed E-state index contributed by atoms with van der Waals surface area (Å²) in [5.74, 6) is 0.198. The van der Waals surface area contributed by atoms with Gasteiger partial charge in [0.05, 0.1) is 0 Å². The van der Waals surface area contributed by atoms with E-state index in [1.165, 1.54) is 4.80 Å². The first-order valence-corrected chi connectivity index (χ1v) is 13.1. The van der Waals surface area contributed by atoms with Crippen molar-refractivity contribution in [2.75, 3.05) is 10.6 Å². The molecule has 2 amide bonds. The van der Waals surface area contributed by atoms with Crippen LogP contribution in [-0.4, -0.2) is 26.1 Å². The molecule has 0 aliphatic heterocycles. The zero-order valence-electron chi connectivity index (χ0n) is 21.7. The Morgan fingerprint density at radius 1 is 0.816 bits per heavy atom. The van der Waals surface area contributed by atoms with E-state index >= 15 is 0 Å². The molecular formula is C30H29N5O2S. The van der Waals surface area contributed by atoms with Crippen molar-refractivity contribution in [3.05, 3.63) is 96.1 Å². The third kappa shape index (κ3) is 5.65. The fourth-order valence-corrected chi connectivity index (χ4v) is 4.96. The van der Waals surface area contributed by atoms with Gasteiger partial charge in [0.1, 0.15) is 22.5 Å². The summed E-state index contributed by atoms with van der Waals surface area (Å²) in [5, 5.41) is 25.9. The van der Waals surface area contributed by atoms with Crippen molar-refractivity contribution in [2.24, 2.45) is 0 Å². The molecule has 0 saturated heterocycles. The molecule has 0 fully saturated rings. The Labute approximate surface area is 225 Å². The molecule has 38 heavy (non-hydrogen) atoms. The Kier molecular flexibility index (Phi) is 6.82. The second kappa shape index (κ2) is 10.2. The predicted octanol–water partition coefficient (Wildman–Crippen LogP) is 7.53. The fraction of sp³-hybridized carbons (Fsp3) is 0.167. The van der Waals surface area contributed by atoms with Crippen LogP contribution in [0.5, 0.6) is 5.75 Å². The van der Waals surface area contributed by atoms with Crippen LogP contribution >= 0.6 is 11.8 Å². The molecule has 5 rings (SSSR count). The predicted molar refractivity (Wildman–Crippen MR) is 154 cm³/mol. The van der Waals surface area contributed by atoms with Crippen molar-refractivity contribution in [1.29, 1.82) is 0 Å². The number of rotatable bonds is 5. The van der Waals surface area contributed by atoms with Crippen molar-refractivity contribution in [3.8, 4) is 11.4 Å². The summed E-state index contributed by atoms with van der Waals surface area (Å²) in [4.78, 5) is 15.8. The minimum absolute atomic E-state index is 0.198. The van der Waals surface area contributed by atoms with E-state index in [4.69, 9.17) is 0 Å². The summed E-state index contributed by atoms with van der Waals surface area (Å²) in [6, 6.07) is 26.5. The van der Waals surface area contributed by atoms with E-state index in [9.17, 15) is 9.90 Å². The molecule has 0 aliphatic rings. The summed E-state index contributed by atoms with van der Waals surface area (Å²) >= 11 is 1.59. The van der Waals surface area contributed by atoms with Crippen molar-refractivity contribution in [1.82, 2.24) is 15.0 Å². The highest BCUT2D eigenvalue weighted by molar-refractivity contribution is 7.99. The molecule has 8 heteroatoms. The Hall–Kier alpha value is -4.30. The van der Waals surface area contributed by atoms with Gasteiger partial charge in [0, 0.05) is 26.7 Å². The summed E-state index contributed by atoms with van der Waals surface area (Å²) in [6.45, 7) is 8.23. The molecule has 0 atom stereocenters. The van der Waals surface area contributed by atoms with E-state index < -0.39 is 0 Å². The van der Waals surface area contributed by atoms with E-state index in [1.807, 2.05) is 91.9 Å². The van der Waals surface area contributed by atoms with Crippen LogP contribution < -0.4 is 10.6 Å². The molecule has 0 bridgehead atoms. The van der Waals surface area contributed by atoms with Crippen LogP contribution in [0.4, 0.5) is 16.2 Å². The highest BCUT2D eigenvalue weighted by Gasteiger charge is 2.22. The van der Waals surface area contributed by atoms with Gasteiger partial charge in [0.15, 0.2) is 0 Å². The number of benzene rings is 4. The summed E-state index contributed by atoms with van der Waals surface area (Å²) in [7, 11) is 0.